The highest BCUT2D eigenvalue weighted by molar-refractivity contribution is 5.85. The Hall–Kier alpha value is -1.57. The first-order valence-electron chi connectivity index (χ1n) is 12.5. The van der Waals surface area contributed by atoms with Crippen LogP contribution in [0.2, 0.25) is 0 Å². The molecule has 0 bridgehead atoms. The molecule has 2 aromatic carbocycles. The van der Waals surface area contributed by atoms with Crippen LogP contribution in [0.1, 0.15) is 83.6 Å². The standard InChI is InChI=1S/C28H39FO/c1-3-20-7-12-23(13-8-20)24-14-9-21(10-15-24)5-6-22-11-17-26-25(19-22)16-18-27(28(26)29)30-4-2/h11,16-21,23-24H,3-10,12-15H2,1-2H3. The van der Waals surface area contributed by atoms with Gasteiger partial charge in [-0.05, 0) is 86.1 Å². The molecule has 0 spiro atoms. The van der Waals surface area contributed by atoms with Crippen LogP contribution < -0.4 is 4.74 Å². The minimum atomic E-state index is -0.229. The summed E-state index contributed by atoms with van der Waals surface area (Å²) in [5.74, 6) is 4.04. The second kappa shape index (κ2) is 10.2. The summed E-state index contributed by atoms with van der Waals surface area (Å²) in [5.41, 5.74) is 1.34. The molecule has 0 amide bonds. The second-order valence-electron chi connectivity index (χ2n) is 9.87. The van der Waals surface area contributed by atoms with Gasteiger partial charge in [-0.1, -0.05) is 63.3 Å². The van der Waals surface area contributed by atoms with Gasteiger partial charge in [-0.15, -0.1) is 0 Å². The smallest absolute Gasteiger partial charge is 0.172 e. The van der Waals surface area contributed by atoms with Gasteiger partial charge in [0.1, 0.15) is 0 Å². The summed E-state index contributed by atoms with van der Waals surface area (Å²) in [6.07, 6.45) is 15.5. The number of hydrogen-bond acceptors (Lipinski definition) is 1. The minimum Gasteiger partial charge on any atom is -0.491 e. The Morgan fingerprint density at radius 3 is 2.13 bits per heavy atom. The van der Waals surface area contributed by atoms with Crippen molar-refractivity contribution in [3.63, 3.8) is 0 Å². The summed E-state index contributed by atoms with van der Waals surface area (Å²) in [6.45, 7) is 4.74. The zero-order valence-corrected chi connectivity index (χ0v) is 19.0. The summed E-state index contributed by atoms with van der Waals surface area (Å²) >= 11 is 0. The average molecular weight is 411 g/mol. The number of benzene rings is 2. The van der Waals surface area contributed by atoms with Crippen molar-refractivity contribution in [3.05, 3.63) is 41.7 Å². The zero-order chi connectivity index (χ0) is 20.9. The Bertz CT molecular complexity index is 813. The fourth-order valence-electron chi connectivity index (χ4n) is 6.13. The van der Waals surface area contributed by atoms with E-state index in [0.29, 0.717) is 17.7 Å². The topological polar surface area (TPSA) is 9.23 Å². The van der Waals surface area contributed by atoms with Gasteiger partial charge >= 0.3 is 0 Å². The lowest BCUT2D eigenvalue weighted by Crippen LogP contribution is -2.25. The highest BCUT2D eigenvalue weighted by Crippen LogP contribution is 2.42. The van der Waals surface area contributed by atoms with Gasteiger partial charge in [0.2, 0.25) is 0 Å². The molecule has 2 saturated carbocycles. The predicted octanol–water partition coefficient (Wildman–Crippen LogP) is 8.33. The lowest BCUT2D eigenvalue weighted by Gasteiger charge is -2.37. The van der Waals surface area contributed by atoms with E-state index in [0.717, 1.165) is 35.5 Å². The molecule has 0 unspecified atom stereocenters. The monoisotopic (exact) mass is 410 g/mol. The van der Waals surface area contributed by atoms with Crippen molar-refractivity contribution in [1.29, 1.82) is 0 Å². The molecule has 2 aliphatic rings. The van der Waals surface area contributed by atoms with Crippen LogP contribution in [0.4, 0.5) is 4.39 Å². The minimum absolute atomic E-state index is 0.229. The summed E-state index contributed by atoms with van der Waals surface area (Å²) in [7, 11) is 0. The van der Waals surface area contributed by atoms with E-state index in [1.807, 2.05) is 19.1 Å². The van der Waals surface area contributed by atoms with Gasteiger partial charge in [0.05, 0.1) is 6.61 Å². The molecule has 4 rings (SSSR count). The number of halogens is 1. The summed E-state index contributed by atoms with van der Waals surface area (Å²) < 4.78 is 20.0. The van der Waals surface area contributed by atoms with Gasteiger partial charge in [-0.25, -0.2) is 4.39 Å². The van der Waals surface area contributed by atoms with Gasteiger partial charge < -0.3 is 4.74 Å². The van der Waals surface area contributed by atoms with Crippen LogP contribution in [0.25, 0.3) is 10.8 Å². The fourth-order valence-corrected chi connectivity index (χ4v) is 6.13. The normalized spacial score (nSPS) is 27.3. The maximum Gasteiger partial charge on any atom is 0.172 e. The fraction of sp³-hybridized carbons (Fsp3) is 0.643. The van der Waals surface area contributed by atoms with Gasteiger partial charge in [0.25, 0.3) is 0 Å². The second-order valence-corrected chi connectivity index (χ2v) is 9.87. The third-order valence-electron chi connectivity index (χ3n) is 8.15. The lowest BCUT2D eigenvalue weighted by molar-refractivity contribution is 0.142. The number of rotatable bonds is 7. The van der Waals surface area contributed by atoms with E-state index >= 15 is 0 Å². The molecule has 2 heteroatoms. The number of aryl methyl sites for hydroxylation is 1. The number of ether oxygens (including phenoxy) is 1. The Morgan fingerprint density at radius 2 is 1.50 bits per heavy atom. The van der Waals surface area contributed by atoms with Crippen LogP contribution >= 0.6 is 0 Å². The third kappa shape index (κ3) is 5.01. The maximum atomic E-state index is 14.6. The van der Waals surface area contributed by atoms with Gasteiger partial charge in [0, 0.05) is 5.39 Å². The SMILES string of the molecule is CCOc1ccc2cc(CCC3CCC(C4CCC(CC)CC4)CC3)ccc2c1F. The van der Waals surface area contributed by atoms with Crippen LogP contribution in [-0.4, -0.2) is 6.61 Å². The van der Waals surface area contributed by atoms with E-state index in [-0.39, 0.29) is 5.82 Å². The quantitative estimate of drug-likeness (QED) is 0.446. The molecule has 0 heterocycles. The van der Waals surface area contributed by atoms with E-state index in [9.17, 15) is 4.39 Å². The van der Waals surface area contributed by atoms with E-state index < -0.39 is 0 Å². The molecule has 2 aromatic rings. The van der Waals surface area contributed by atoms with Crippen LogP contribution in [0, 0.1) is 29.5 Å². The van der Waals surface area contributed by atoms with Crippen LogP contribution in [0.3, 0.4) is 0 Å². The highest BCUT2D eigenvalue weighted by atomic mass is 19.1. The van der Waals surface area contributed by atoms with Crippen molar-refractivity contribution in [2.24, 2.45) is 23.7 Å². The van der Waals surface area contributed by atoms with Crippen LogP contribution in [0.15, 0.2) is 30.3 Å². The Balaban J connectivity index is 1.27. The van der Waals surface area contributed by atoms with E-state index in [1.54, 1.807) is 6.07 Å². The Kier molecular flexibility index (Phi) is 7.33. The van der Waals surface area contributed by atoms with Crippen molar-refractivity contribution in [2.75, 3.05) is 6.61 Å². The third-order valence-corrected chi connectivity index (χ3v) is 8.15. The first-order chi connectivity index (χ1) is 14.7. The summed E-state index contributed by atoms with van der Waals surface area (Å²) in [6, 6.07) is 9.97. The molecule has 1 nitrogen and oxygen atoms in total. The highest BCUT2D eigenvalue weighted by Gasteiger charge is 2.30. The van der Waals surface area contributed by atoms with Crippen molar-refractivity contribution in [2.45, 2.75) is 84.5 Å². The zero-order valence-electron chi connectivity index (χ0n) is 19.0. The van der Waals surface area contributed by atoms with Crippen molar-refractivity contribution < 1.29 is 9.13 Å². The number of fused-ring (bicyclic) bond motifs is 1. The molecular formula is C28H39FO. The average Bonchev–Trinajstić information content (AvgIpc) is 2.80. The molecule has 0 saturated heterocycles. The summed E-state index contributed by atoms with van der Waals surface area (Å²) in [4.78, 5) is 0. The van der Waals surface area contributed by atoms with Gasteiger partial charge in [-0.2, -0.15) is 0 Å². The predicted molar refractivity (Wildman–Crippen MR) is 125 cm³/mol. The van der Waals surface area contributed by atoms with E-state index in [2.05, 4.69) is 19.1 Å². The van der Waals surface area contributed by atoms with Gasteiger partial charge in [0.15, 0.2) is 11.6 Å². The van der Waals surface area contributed by atoms with Crippen LogP contribution in [-0.2, 0) is 6.42 Å². The van der Waals surface area contributed by atoms with Gasteiger partial charge in [-0.3, -0.25) is 0 Å². The molecule has 2 aliphatic carbocycles. The maximum absolute atomic E-state index is 14.6. The molecule has 0 aromatic heterocycles. The molecule has 0 N–H and O–H groups in total. The lowest BCUT2D eigenvalue weighted by atomic mass is 9.68. The summed E-state index contributed by atoms with van der Waals surface area (Å²) in [5, 5.41) is 1.66. The Morgan fingerprint density at radius 1 is 0.833 bits per heavy atom. The molecule has 0 aliphatic heterocycles. The molecule has 30 heavy (non-hydrogen) atoms. The largest absolute Gasteiger partial charge is 0.491 e. The van der Waals surface area contributed by atoms with E-state index in [1.165, 1.54) is 69.8 Å². The molecule has 164 valence electrons. The molecular weight excluding hydrogens is 371 g/mol. The van der Waals surface area contributed by atoms with Crippen molar-refractivity contribution in [3.8, 4) is 5.75 Å². The Labute approximate surface area is 182 Å². The van der Waals surface area contributed by atoms with Crippen LogP contribution in [0.5, 0.6) is 5.75 Å². The first kappa shape index (κ1) is 21.7. The van der Waals surface area contributed by atoms with E-state index in [4.69, 9.17) is 4.74 Å². The molecule has 0 atom stereocenters. The number of hydrogen-bond donors (Lipinski definition) is 0. The molecule has 0 radical (unpaired) electrons. The molecule has 2 fully saturated rings. The van der Waals surface area contributed by atoms with Crippen molar-refractivity contribution >= 4 is 10.8 Å². The first-order valence-corrected chi connectivity index (χ1v) is 12.5. The van der Waals surface area contributed by atoms with Crippen molar-refractivity contribution in [1.82, 2.24) is 0 Å².